The lowest BCUT2D eigenvalue weighted by Gasteiger charge is -2.13. The lowest BCUT2D eigenvalue weighted by Crippen LogP contribution is -2.36. The highest BCUT2D eigenvalue weighted by Crippen LogP contribution is 2.29. The third-order valence-electron chi connectivity index (χ3n) is 3.49. The zero-order valence-electron chi connectivity index (χ0n) is 15.0. The summed E-state index contributed by atoms with van der Waals surface area (Å²) in [6.45, 7) is 3.12. The highest BCUT2D eigenvalue weighted by Gasteiger charge is 2.30. The summed E-state index contributed by atoms with van der Waals surface area (Å²) in [7, 11) is 1.60. The van der Waals surface area contributed by atoms with Gasteiger partial charge in [0.05, 0.1) is 12.2 Å². The zero-order valence-corrected chi connectivity index (χ0v) is 17.3. The van der Waals surface area contributed by atoms with Crippen molar-refractivity contribution in [3.8, 4) is 5.88 Å². The van der Waals surface area contributed by atoms with E-state index in [2.05, 4.69) is 20.6 Å². The summed E-state index contributed by atoms with van der Waals surface area (Å²) < 4.78 is 43.6. The van der Waals surface area contributed by atoms with Gasteiger partial charge < -0.3 is 15.4 Å². The van der Waals surface area contributed by atoms with E-state index in [1.165, 1.54) is 6.07 Å². The first-order valence-electron chi connectivity index (χ1n) is 8.10. The van der Waals surface area contributed by atoms with Gasteiger partial charge >= 0.3 is 6.18 Å². The van der Waals surface area contributed by atoms with Gasteiger partial charge in [-0.2, -0.15) is 13.2 Å². The van der Waals surface area contributed by atoms with E-state index in [4.69, 9.17) is 4.74 Å². The van der Waals surface area contributed by atoms with E-state index in [-0.39, 0.29) is 30.5 Å². The second-order valence-corrected chi connectivity index (χ2v) is 5.41. The molecule has 0 bridgehead atoms. The molecule has 0 radical (unpaired) electrons. The van der Waals surface area contributed by atoms with Crippen molar-refractivity contribution in [1.29, 1.82) is 0 Å². The van der Waals surface area contributed by atoms with Crippen LogP contribution in [0.15, 0.2) is 47.6 Å². The predicted molar refractivity (Wildman–Crippen MR) is 109 cm³/mol. The highest BCUT2D eigenvalue weighted by molar-refractivity contribution is 14.0. The normalized spacial score (nSPS) is 11.5. The van der Waals surface area contributed by atoms with Crippen LogP contribution in [0, 0.1) is 0 Å². The van der Waals surface area contributed by atoms with Gasteiger partial charge in [0.2, 0.25) is 5.88 Å². The van der Waals surface area contributed by atoms with E-state index < -0.39 is 11.7 Å². The van der Waals surface area contributed by atoms with E-state index in [0.717, 1.165) is 17.7 Å². The molecule has 2 N–H and O–H groups in total. The lowest BCUT2D eigenvalue weighted by atomic mass is 10.1. The fraction of sp³-hybridized carbons (Fsp3) is 0.333. The third-order valence-corrected chi connectivity index (χ3v) is 3.49. The van der Waals surface area contributed by atoms with Crippen LogP contribution in [0.5, 0.6) is 5.88 Å². The first-order valence-corrected chi connectivity index (χ1v) is 8.10. The molecule has 0 atom stereocenters. The van der Waals surface area contributed by atoms with Crippen molar-refractivity contribution in [2.75, 3.05) is 13.7 Å². The van der Waals surface area contributed by atoms with Crippen LogP contribution in [-0.2, 0) is 19.3 Å². The average molecular weight is 494 g/mol. The third kappa shape index (κ3) is 7.61. The van der Waals surface area contributed by atoms with Gasteiger partial charge in [-0.05, 0) is 36.2 Å². The Morgan fingerprint density at radius 3 is 2.37 bits per heavy atom. The van der Waals surface area contributed by atoms with E-state index in [0.29, 0.717) is 30.6 Å². The van der Waals surface area contributed by atoms with Gasteiger partial charge in [0.25, 0.3) is 0 Å². The van der Waals surface area contributed by atoms with Crippen molar-refractivity contribution in [1.82, 2.24) is 15.6 Å². The van der Waals surface area contributed by atoms with Gasteiger partial charge in [0, 0.05) is 32.4 Å². The number of alkyl halides is 3. The number of aromatic nitrogens is 1. The molecule has 1 heterocycles. The topological polar surface area (TPSA) is 58.5 Å². The SMILES string of the molecule is CCOc1cc(CNC(=NC)NCc2cccc(C(F)(F)F)c2)ccn1.I. The van der Waals surface area contributed by atoms with E-state index in [9.17, 15) is 13.2 Å². The number of benzene rings is 1. The van der Waals surface area contributed by atoms with Gasteiger partial charge in [-0.25, -0.2) is 4.98 Å². The Morgan fingerprint density at radius 1 is 1.11 bits per heavy atom. The average Bonchev–Trinajstić information content (AvgIpc) is 2.62. The number of aliphatic imine (C=N–C) groups is 1. The molecule has 0 aliphatic carbocycles. The fourth-order valence-electron chi connectivity index (χ4n) is 2.24. The maximum Gasteiger partial charge on any atom is 0.416 e. The molecule has 2 aromatic rings. The van der Waals surface area contributed by atoms with Crippen LogP contribution in [0.4, 0.5) is 13.2 Å². The minimum atomic E-state index is -4.35. The molecule has 0 unspecified atom stereocenters. The number of guanidine groups is 1. The Morgan fingerprint density at radius 2 is 1.78 bits per heavy atom. The summed E-state index contributed by atoms with van der Waals surface area (Å²) in [5.74, 6) is 1.02. The molecule has 1 aromatic heterocycles. The second kappa shape index (κ2) is 11.0. The lowest BCUT2D eigenvalue weighted by molar-refractivity contribution is -0.137. The Kier molecular flexibility index (Phi) is 9.33. The van der Waals surface area contributed by atoms with E-state index >= 15 is 0 Å². The summed E-state index contributed by atoms with van der Waals surface area (Å²) in [6, 6.07) is 8.86. The minimum absolute atomic E-state index is 0. The predicted octanol–water partition coefficient (Wildman–Crippen LogP) is 3.98. The fourth-order valence-corrected chi connectivity index (χ4v) is 2.24. The molecule has 5 nitrogen and oxygen atoms in total. The summed E-state index contributed by atoms with van der Waals surface area (Å²) in [5, 5.41) is 6.10. The first-order chi connectivity index (χ1) is 12.4. The number of nitrogens with one attached hydrogen (secondary N) is 2. The minimum Gasteiger partial charge on any atom is -0.478 e. The molecule has 0 fully saturated rings. The Hall–Kier alpha value is -2.04. The molecular weight excluding hydrogens is 472 g/mol. The number of rotatable bonds is 6. The molecule has 0 aliphatic rings. The molecule has 2 rings (SSSR count). The molecular formula is C18H22F3IN4O. The monoisotopic (exact) mass is 494 g/mol. The van der Waals surface area contributed by atoms with Gasteiger partial charge in [-0.15, -0.1) is 24.0 Å². The van der Waals surface area contributed by atoms with Gasteiger partial charge in [0.15, 0.2) is 5.96 Å². The van der Waals surface area contributed by atoms with Gasteiger partial charge in [-0.3, -0.25) is 4.99 Å². The van der Waals surface area contributed by atoms with Crippen molar-refractivity contribution in [2.24, 2.45) is 4.99 Å². The summed E-state index contributed by atoms with van der Waals surface area (Å²) in [5.41, 5.74) is 0.802. The summed E-state index contributed by atoms with van der Waals surface area (Å²) in [6.07, 6.45) is -2.70. The maximum atomic E-state index is 12.8. The number of nitrogens with zero attached hydrogens (tertiary/aromatic N) is 2. The molecule has 0 saturated heterocycles. The number of hydrogen-bond donors (Lipinski definition) is 2. The molecule has 9 heteroatoms. The Balaban J connectivity index is 0.00000364. The van der Waals surface area contributed by atoms with Crippen LogP contribution >= 0.6 is 24.0 Å². The van der Waals surface area contributed by atoms with E-state index in [1.807, 2.05) is 19.1 Å². The largest absolute Gasteiger partial charge is 0.478 e. The zero-order chi connectivity index (χ0) is 19.0. The van der Waals surface area contributed by atoms with Crippen LogP contribution in [0.1, 0.15) is 23.6 Å². The molecule has 148 valence electrons. The van der Waals surface area contributed by atoms with Crippen molar-refractivity contribution < 1.29 is 17.9 Å². The molecule has 0 saturated carbocycles. The van der Waals surface area contributed by atoms with Crippen LogP contribution in [-0.4, -0.2) is 24.6 Å². The number of pyridine rings is 1. The quantitative estimate of drug-likeness (QED) is 0.363. The summed E-state index contributed by atoms with van der Waals surface area (Å²) in [4.78, 5) is 8.17. The van der Waals surface area contributed by atoms with Gasteiger partial charge in [0.1, 0.15) is 0 Å². The summed E-state index contributed by atoms with van der Waals surface area (Å²) >= 11 is 0. The van der Waals surface area contributed by atoms with Gasteiger partial charge in [-0.1, -0.05) is 12.1 Å². The van der Waals surface area contributed by atoms with Crippen molar-refractivity contribution >= 4 is 29.9 Å². The van der Waals surface area contributed by atoms with Crippen molar-refractivity contribution in [3.05, 3.63) is 59.3 Å². The van der Waals surface area contributed by atoms with Crippen LogP contribution in [0.3, 0.4) is 0 Å². The second-order valence-electron chi connectivity index (χ2n) is 5.41. The number of halogens is 4. The maximum absolute atomic E-state index is 12.8. The molecule has 0 amide bonds. The number of hydrogen-bond acceptors (Lipinski definition) is 3. The van der Waals surface area contributed by atoms with Crippen LogP contribution < -0.4 is 15.4 Å². The molecule has 0 spiro atoms. The van der Waals surface area contributed by atoms with Crippen molar-refractivity contribution in [3.63, 3.8) is 0 Å². The van der Waals surface area contributed by atoms with Crippen LogP contribution in [0.25, 0.3) is 0 Å². The molecule has 0 aliphatic heterocycles. The number of ether oxygens (including phenoxy) is 1. The first kappa shape index (κ1) is 23.0. The Labute approximate surface area is 173 Å². The highest BCUT2D eigenvalue weighted by atomic mass is 127. The van der Waals surface area contributed by atoms with Crippen LogP contribution in [0.2, 0.25) is 0 Å². The Bertz CT molecular complexity index is 753. The van der Waals surface area contributed by atoms with E-state index in [1.54, 1.807) is 19.3 Å². The standard InChI is InChI=1S/C18H21F3N4O.HI/c1-3-26-16-10-14(7-8-23-16)12-25-17(22-2)24-11-13-5-4-6-15(9-13)18(19,20)21;/h4-10H,3,11-12H2,1-2H3,(H2,22,24,25);1H. The molecule has 1 aromatic carbocycles. The smallest absolute Gasteiger partial charge is 0.416 e. The van der Waals surface area contributed by atoms with Crippen molar-refractivity contribution in [2.45, 2.75) is 26.2 Å². The molecule has 27 heavy (non-hydrogen) atoms.